The number of carbonyl (C=O) groups is 1. The van der Waals surface area contributed by atoms with Gasteiger partial charge in [0.25, 0.3) is 5.91 Å². The standard InChI is InChI=1S/C17H19NO2S/c1-20-14-7-4-5-12(9-14)11-18-17(19)16-10-13-6-2-3-8-15(13)21-16/h4-5,7,9-10H,2-3,6,8,11H2,1H3,(H,18,19). The van der Waals surface area contributed by atoms with Crippen LogP contribution in [-0.2, 0) is 19.4 Å². The molecular weight excluding hydrogens is 282 g/mol. The minimum atomic E-state index is 0.0252. The maximum Gasteiger partial charge on any atom is 0.261 e. The Hall–Kier alpha value is -1.81. The maximum absolute atomic E-state index is 12.3. The zero-order valence-electron chi connectivity index (χ0n) is 12.1. The highest BCUT2D eigenvalue weighted by Gasteiger charge is 2.16. The fourth-order valence-corrected chi connectivity index (χ4v) is 3.82. The highest BCUT2D eigenvalue weighted by atomic mass is 32.1. The number of amides is 1. The first-order valence-corrected chi connectivity index (χ1v) is 8.10. The third kappa shape index (κ3) is 3.27. The monoisotopic (exact) mass is 301 g/mol. The van der Waals surface area contributed by atoms with Gasteiger partial charge in [0.1, 0.15) is 5.75 Å². The molecule has 1 aromatic carbocycles. The van der Waals surface area contributed by atoms with Crippen molar-refractivity contribution in [2.24, 2.45) is 0 Å². The Balaban J connectivity index is 1.64. The lowest BCUT2D eigenvalue weighted by Gasteiger charge is -2.08. The average Bonchev–Trinajstić information content (AvgIpc) is 2.97. The van der Waals surface area contributed by atoms with Crippen LogP contribution in [0.1, 0.15) is 38.5 Å². The molecule has 0 radical (unpaired) electrons. The molecule has 2 aromatic rings. The van der Waals surface area contributed by atoms with Crippen LogP contribution in [0, 0.1) is 0 Å². The fraction of sp³-hybridized carbons (Fsp3) is 0.353. The first kappa shape index (κ1) is 14.1. The highest BCUT2D eigenvalue weighted by Crippen LogP contribution is 2.29. The van der Waals surface area contributed by atoms with Gasteiger partial charge in [0, 0.05) is 11.4 Å². The summed E-state index contributed by atoms with van der Waals surface area (Å²) in [6.07, 6.45) is 4.74. The Morgan fingerprint density at radius 1 is 1.29 bits per heavy atom. The Bertz CT molecular complexity index is 624. The number of rotatable bonds is 4. The zero-order valence-corrected chi connectivity index (χ0v) is 13.0. The van der Waals surface area contributed by atoms with E-state index in [0.29, 0.717) is 6.54 Å². The number of ether oxygens (including phenoxy) is 1. The van der Waals surface area contributed by atoms with E-state index in [1.165, 1.54) is 23.3 Å². The van der Waals surface area contributed by atoms with E-state index in [2.05, 4.69) is 11.4 Å². The summed E-state index contributed by atoms with van der Waals surface area (Å²) in [5, 5.41) is 2.99. The normalized spacial score (nSPS) is 13.6. The van der Waals surface area contributed by atoms with Crippen LogP contribution in [-0.4, -0.2) is 13.0 Å². The number of hydrogen-bond donors (Lipinski definition) is 1. The molecule has 1 N–H and O–H groups in total. The summed E-state index contributed by atoms with van der Waals surface area (Å²) in [6, 6.07) is 9.84. The first-order chi connectivity index (χ1) is 10.3. The molecule has 1 amide bonds. The number of benzene rings is 1. The molecule has 0 saturated carbocycles. The smallest absolute Gasteiger partial charge is 0.261 e. The molecule has 3 nitrogen and oxygen atoms in total. The summed E-state index contributed by atoms with van der Waals surface area (Å²) >= 11 is 1.65. The van der Waals surface area contributed by atoms with Crippen molar-refractivity contribution in [1.82, 2.24) is 5.32 Å². The highest BCUT2D eigenvalue weighted by molar-refractivity contribution is 7.14. The van der Waals surface area contributed by atoms with E-state index in [9.17, 15) is 4.79 Å². The van der Waals surface area contributed by atoms with E-state index in [0.717, 1.165) is 29.0 Å². The Morgan fingerprint density at radius 2 is 2.14 bits per heavy atom. The summed E-state index contributed by atoms with van der Waals surface area (Å²) in [4.78, 5) is 14.5. The second kappa shape index (κ2) is 6.31. The molecule has 21 heavy (non-hydrogen) atoms. The number of hydrogen-bond acceptors (Lipinski definition) is 3. The molecule has 0 saturated heterocycles. The predicted molar refractivity (Wildman–Crippen MR) is 85.1 cm³/mol. The topological polar surface area (TPSA) is 38.3 Å². The van der Waals surface area contributed by atoms with E-state index in [-0.39, 0.29) is 5.91 Å². The van der Waals surface area contributed by atoms with E-state index < -0.39 is 0 Å². The van der Waals surface area contributed by atoms with Gasteiger partial charge in [-0.25, -0.2) is 0 Å². The van der Waals surface area contributed by atoms with Crippen LogP contribution < -0.4 is 10.1 Å². The number of methoxy groups -OCH3 is 1. The van der Waals surface area contributed by atoms with Crippen molar-refractivity contribution in [3.8, 4) is 5.75 Å². The van der Waals surface area contributed by atoms with Gasteiger partial charge in [-0.3, -0.25) is 4.79 Å². The number of fused-ring (bicyclic) bond motifs is 1. The number of aryl methyl sites for hydroxylation is 2. The third-order valence-electron chi connectivity index (χ3n) is 3.81. The molecular formula is C17H19NO2S. The van der Waals surface area contributed by atoms with Crippen LogP contribution in [0.5, 0.6) is 5.75 Å². The van der Waals surface area contributed by atoms with Crippen molar-refractivity contribution in [3.05, 3.63) is 51.2 Å². The SMILES string of the molecule is COc1cccc(CNC(=O)c2cc3c(s2)CCCC3)c1. The minimum absolute atomic E-state index is 0.0252. The first-order valence-electron chi connectivity index (χ1n) is 7.29. The van der Waals surface area contributed by atoms with Crippen LogP contribution in [0.2, 0.25) is 0 Å². The van der Waals surface area contributed by atoms with Gasteiger partial charge in [-0.15, -0.1) is 11.3 Å². The minimum Gasteiger partial charge on any atom is -0.497 e. The average molecular weight is 301 g/mol. The third-order valence-corrected chi connectivity index (χ3v) is 5.04. The van der Waals surface area contributed by atoms with Gasteiger partial charge >= 0.3 is 0 Å². The number of nitrogens with one attached hydrogen (secondary N) is 1. The summed E-state index contributed by atoms with van der Waals surface area (Å²) < 4.78 is 5.19. The number of carbonyl (C=O) groups excluding carboxylic acids is 1. The second-order valence-corrected chi connectivity index (χ2v) is 6.44. The van der Waals surface area contributed by atoms with Gasteiger partial charge in [-0.1, -0.05) is 12.1 Å². The maximum atomic E-state index is 12.3. The molecule has 0 spiro atoms. The molecule has 0 atom stereocenters. The lowest BCUT2D eigenvalue weighted by Crippen LogP contribution is -2.21. The van der Waals surface area contributed by atoms with Crippen LogP contribution in [0.25, 0.3) is 0 Å². The second-order valence-electron chi connectivity index (χ2n) is 5.30. The molecule has 1 heterocycles. The van der Waals surface area contributed by atoms with E-state index in [1.54, 1.807) is 18.4 Å². The van der Waals surface area contributed by atoms with Gasteiger partial charge in [0.15, 0.2) is 0 Å². The van der Waals surface area contributed by atoms with Crippen molar-refractivity contribution in [1.29, 1.82) is 0 Å². The van der Waals surface area contributed by atoms with E-state index >= 15 is 0 Å². The summed E-state index contributed by atoms with van der Waals surface area (Å²) in [6.45, 7) is 0.526. The van der Waals surface area contributed by atoms with Gasteiger partial charge in [-0.05, 0) is 55.0 Å². The van der Waals surface area contributed by atoms with Crippen LogP contribution >= 0.6 is 11.3 Å². The fourth-order valence-electron chi connectivity index (χ4n) is 2.65. The molecule has 0 aliphatic heterocycles. The van der Waals surface area contributed by atoms with Gasteiger partial charge in [0.2, 0.25) is 0 Å². The summed E-state index contributed by atoms with van der Waals surface area (Å²) in [7, 11) is 1.65. The molecule has 0 fully saturated rings. The predicted octanol–water partition coefficient (Wildman–Crippen LogP) is 3.57. The number of thiophene rings is 1. The Kier molecular flexibility index (Phi) is 4.25. The summed E-state index contributed by atoms with van der Waals surface area (Å²) in [5.74, 6) is 0.838. The largest absolute Gasteiger partial charge is 0.497 e. The molecule has 1 aliphatic rings. The van der Waals surface area contributed by atoms with Crippen molar-refractivity contribution in [2.45, 2.75) is 32.2 Å². The molecule has 3 rings (SSSR count). The molecule has 0 bridgehead atoms. The van der Waals surface area contributed by atoms with Crippen LogP contribution in [0.15, 0.2) is 30.3 Å². The molecule has 110 valence electrons. The van der Waals surface area contributed by atoms with E-state index in [4.69, 9.17) is 4.74 Å². The Morgan fingerprint density at radius 3 is 2.95 bits per heavy atom. The van der Waals surface area contributed by atoms with Crippen molar-refractivity contribution >= 4 is 17.2 Å². The van der Waals surface area contributed by atoms with Crippen molar-refractivity contribution < 1.29 is 9.53 Å². The van der Waals surface area contributed by atoms with Crippen molar-refractivity contribution in [3.63, 3.8) is 0 Å². The lowest BCUT2D eigenvalue weighted by atomic mass is 9.99. The Labute approximate surface area is 129 Å². The molecule has 1 aromatic heterocycles. The van der Waals surface area contributed by atoms with Crippen molar-refractivity contribution in [2.75, 3.05) is 7.11 Å². The van der Waals surface area contributed by atoms with Crippen LogP contribution in [0.4, 0.5) is 0 Å². The quantitative estimate of drug-likeness (QED) is 0.937. The molecule has 4 heteroatoms. The lowest BCUT2D eigenvalue weighted by molar-refractivity contribution is 0.0955. The zero-order chi connectivity index (χ0) is 14.7. The van der Waals surface area contributed by atoms with Crippen LogP contribution in [0.3, 0.4) is 0 Å². The van der Waals surface area contributed by atoms with Gasteiger partial charge in [-0.2, -0.15) is 0 Å². The molecule has 1 aliphatic carbocycles. The van der Waals surface area contributed by atoms with E-state index in [1.807, 2.05) is 24.3 Å². The molecule has 0 unspecified atom stereocenters. The van der Waals surface area contributed by atoms with Gasteiger partial charge < -0.3 is 10.1 Å². The summed E-state index contributed by atoms with van der Waals surface area (Å²) in [5.41, 5.74) is 2.42. The van der Waals surface area contributed by atoms with Gasteiger partial charge in [0.05, 0.1) is 12.0 Å².